The molecule has 1 aromatic rings. The number of rotatable bonds is 2. The zero-order chi connectivity index (χ0) is 12.5. The minimum atomic E-state index is 0.633. The molecule has 1 aliphatic heterocycles. The lowest BCUT2D eigenvalue weighted by molar-refractivity contribution is 0.0844. The number of nitrogens with one attached hydrogen (secondary N) is 1. The van der Waals surface area contributed by atoms with Crippen molar-refractivity contribution in [1.29, 1.82) is 0 Å². The van der Waals surface area contributed by atoms with Crippen molar-refractivity contribution >= 4 is 12.2 Å². The molecule has 0 radical (unpaired) electrons. The van der Waals surface area contributed by atoms with Crippen molar-refractivity contribution in [2.45, 2.75) is 45.1 Å². The van der Waals surface area contributed by atoms with Crippen LogP contribution in [0, 0.1) is 10.7 Å². The Labute approximate surface area is 114 Å². The second kappa shape index (κ2) is 5.10. The number of H-pyrrole nitrogens is 1. The summed E-state index contributed by atoms with van der Waals surface area (Å²) in [6.45, 7) is 4.80. The summed E-state index contributed by atoms with van der Waals surface area (Å²) in [5.74, 6) is 0.811. The number of aromatic nitrogens is 2. The Balaban J connectivity index is 1.87. The van der Waals surface area contributed by atoms with Crippen LogP contribution in [0.3, 0.4) is 0 Å². The Hall–Kier alpha value is -0.740. The zero-order valence-corrected chi connectivity index (χ0v) is 11.8. The summed E-state index contributed by atoms with van der Waals surface area (Å²) in [6, 6.07) is 0.734. The van der Waals surface area contributed by atoms with Gasteiger partial charge >= 0.3 is 0 Å². The topological polar surface area (TPSA) is 31.9 Å². The largest absolute Gasteiger partial charge is 0.334 e. The predicted octanol–water partition coefficient (Wildman–Crippen LogP) is 2.73. The first kappa shape index (κ1) is 12.3. The van der Waals surface area contributed by atoms with Gasteiger partial charge in [0.05, 0.1) is 0 Å². The predicted molar refractivity (Wildman–Crippen MR) is 75.2 cm³/mol. The molecule has 1 saturated heterocycles. The van der Waals surface area contributed by atoms with Crippen LogP contribution in [0.15, 0.2) is 6.20 Å². The maximum absolute atomic E-state index is 5.13. The number of piperidine rings is 1. The molecule has 2 heterocycles. The molecule has 2 atom stereocenters. The zero-order valence-electron chi connectivity index (χ0n) is 11.0. The molecule has 0 aromatic carbocycles. The molecule has 0 bridgehead atoms. The molecular formula is C14H21N3S. The molecule has 0 saturated carbocycles. The maximum Gasteiger partial charge on any atom is 0.196 e. The number of hydrogen-bond donors (Lipinski definition) is 1. The van der Waals surface area contributed by atoms with Gasteiger partial charge in [0.25, 0.3) is 0 Å². The number of aromatic amines is 1. The molecule has 1 aromatic heterocycles. The standard InChI is InChI=1S/C14H21N3S/c1-2-5-17-6-3-4-10-7-12-11(8-13(10)17)9-15-14(18)16-12/h9-10,13H,2-8H2,1H3,(H,15,16,18)/t10-,13-/m0/s1. The Morgan fingerprint density at radius 1 is 1.50 bits per heavy atom. The fourth-order valence-electron chi connectivity index (χ4n) is 3.61. The Bertz CT molecular complexity index is 480. The highest BCUT2D eigenvalue weighted by Gasteiger charge is 2.35. The Morgan fingerprint density at radius 3 is 3.22 bits per heavy atom. The van der Waals surface area contributed by atoms with Gasteiger partial charge in [0.1, 0.15) is 0 Å². The van der Waals surface area contributed by atoms with E-state index in [0.29, 0.717) is 4.77 Å². The van der Waals surface area contributed by atoms with E-state index in [1.54, 1.807) is 0 Å². The second-order valence-electron chi connectivity index (χ2n) is 5.61. The number of nitrogens with zero attached hydrogens (tertiary/aromatic N) is 2. The van der Waals surface area contributed by atoms with E-state index in [1.807, 2.05) is 6.20 Å². The van der Waals surface area contributed by atoms with Gasteiger partial charge in [-0.25, -0.2) is 4.98 Å². The second-order valence-corrected chi connectivity index (χ2v) is 5.99. The number of hydrogen-bond acceptors (Lipinski definition) is 3. The van der Waals surface area contributed by atoms with Crippen LogP contribution >= 0.6 is 12.2 Å². The lowest BCUT2D eigenvalue weighted by atomic mass is 9.77. The lowest BCUT2D eigenvalue weighted by Gasteiger charge is -2.44. The molecule has 0 amide bonds. The summed E-state index contributed by atoms with van der Waals surface area (Å²) in [7, 11) is 0. The third kappa shape index (κ3) is 2.24. The first-order valence-corrected chi connectivity index (χ1v) is 7.50. The molecule has 18 heavy (non-hydrogen) atoms. The SMILES string of the molecule is CCCN1CCC[C@H]2Cc3[nH]c(=S)ncc3C[C@@H]21. The van der Waals surface area contributed by atoms with Crippen LogP contribution in [0.4, 0.5) is 0 Å². The van der Waals surface area contributed by atoms with Gasteiger partial charge in [-0.3, -0.25) is 4.90 Å². The summed E-state index contributed by atoms with van der Waals surface area (Å²) in [6.07, 6.45) is 8.27. The van der Waals surface area contributed by atoms with Crippen molar-refractivity contribution in [2.75, 3.05) is 13.1 Å². The van der Waals surface area contributed by atoms with Crippen molar-refractivity contribution in [3.8, 4) is 0 Å². The summed E-state index contributed by atoms with van der Waals surface area (Å²) >= 11 is 5.13. The van der Waals surface area contributed by atoms with Crippen LogP contribution in [0.25, 0.3) is 0 Å². The summed E-state index contributed by atoms with van der Waals surface area (Å²) in [4.78, 5) is 10.2. The van der Waals surface area contributed by atoms with E-state index < -0.39 is 0 Å². The van der Waals surface area contributed by atoms with E-state index in [4.69, 9.17) is 12.2 Å². The average molecular weight is 263 g/mol. The van der Waals surface area contributed by atoms with E-state index in [1.165, 1.54) is 43.6 Å². The van der Waals surface area contributed by atoms with E-state index in [0.717, 1.165) is 24.8 Å². The van der Waals surface area contributed by atoms with Gasteiger partial charge in [-0.1, -0.05) is 6.92 Å². The van der Waals surface area contributed by atoms with Crippen LogP contribution in [0.2, 0.25) is 0 Å². The van der Waals surface area contributed by atoms with Gasteiger partial charge in [-0.2, -0.15) is 0 Å². The van der Waals surface area contributed by atoms with Crippen LogP contribution in [0.5, 0.6) is 0 Å². The molecule has 0 unspecified atom stereocenters. The third-order valence-corrected chi connectivity index (χ3v) is 4.63. The molecule has 2 aliphatic rings. The van der Waals surface area contributed by atoms with E-state index in [9.17, 15) is 0 Å². The van der Waals surface area contributed by atoms with Gasteiger partial charge in [-0.15, -0.1) is 0 Å². The fourth-order valence-corrected chi connectivity index (χ4v) is 3.79. The molecule has 4 heteroatoms. The highest BCUT2D eigenvalue weighted by Crippen LogP contribution is 2.33. The van der Waals surface area contributed by atoms with Gasteiger partial charge < -0.3 is 4.98 Å². The maximum atomic E-state index is 5.13. The van der Waals surface area contributed by atoms with Crippen molar-refractivity contribution in [2.24, 2.45) is 5.92 Å². The first-order valence-electron chi connectivity index (χ1n) is 7.09. The van der Waals surface area contributed by atoms with Crippen LogP contribution in [-0.2, 0) is 12.8 Å². The molecule has 0 spiro atoms. The monoisotopic (exact) mass is 263 g/mol. The van der Waals surface area contributed by atoms with Gasteiger partial charge in [0.2, 0.25) is 0 Å². The van der Waals surface area contributed by atoms with Gasteiger partial charge in [0.15, 0.2) is 4.77 Å². The summed E-state index contributed by atoms with van der Waals surface area (Å²) < 4.78 is 0.633. The van der Waals surface area contributed by atoms with E-state index >= 15 is 0 Å². The number of fused-ring (bicyclic) bond motifs is 2. The highest BCUT2D eigenvalue weighted by atomic mass is 32.1. The fraction of sp³-hybridized carbons (Fsp3) is 0.714. The number of likely N-dealkylation sites (tertiary alicyclic amines) is 1. The summed E-state index contributed by atoms with van der Waals surface area (Å²) in [5.41, 5.74) is 2.72. The quantitative estimate of drug-likeness (QED) is 0.833. The molecule has 1 N–H and O–H groups in total. The molecule has 1 aliphatic carbocycles. The molecule has 1 fully saturated rings. The van der Waals surface area contributed by atoms with Crippen molar-refractivity contribution in [3.63, 3.8) is 0 Å². The highest BCUT2D eigenvalue weighted by molar-refractivity contribution is 7.71. The minimum Gasteiger partial charge on any atom is -0.334 e. The minimum absolute atomic E-state index is 0.633. The smallest absolute Gasteiger partial charge is 0.196 e. The Morgan fingerprint density at radius 2 is 2.39 bits per heavy atom. The van der Waals surface area contributed by atoms with Crippen LogP contribution in [0.1, 0.15) is 37.4 Å². The van der Waals surface area contributed by atoms with E-state index in [2.05, 4.69) is 21.8 Å². The van der Waals surface area contributed by atoms with Crippen molar-refractivity contribution in [1.82, 2.24) is 14.9 Å². The lowest BCUT2D eigenvalue weighted by Crippen LogP contribution is -2.49. The van der Waals surface area contributed by atoms with Crippen molar-refractivity contribution < 1.29 is 0 Å². The van der Waals surface area contributed by atoms with Gasteiger partial charge in [-0.05, 0) is 68.9 Å². The first-order chi connectivity index (χ1) is 8.78. The van der Waals surface area contributed by atoms with E-state index in [-0.39, 0.29) is 0 Å². The molecule has 3 nitrogen and oxygen atoms in total. The van der Waals surface area contributed by atoms with Gasteiger partial charge in [0, 0.05) is 17.9 Å². The summed E-state index contributed by atoms with van der Waals surface area (Å²) in [5, 5.41) is 0. The van der Waals surface area contributed by atoms with Crippen LogP contribution < -0.4 is 0 Å². The molecule has 98 valence electrons. The molecular weight excluding hydrogens is 242 g/mol. The Kier molecular flexibility index (Phi) is 3.48. The average Bonchev–Trinajstić information content (AvgIpc) is 2.37. The molecule has 3 rings (SSSR count). The normalized spacial score (nSPS) is 27.6. The third-order valence-electron chi connectivity index (χ3n) is 4.42. The van der Waals surface area contributed by atoms with Crippen molar-refractivity contribution in [3.05, 3.63) is 22.2 Å². The van der Waals surface area contributed by atoms with Crippen LogP contribution in [-0.4, -0.2) is 34.0 Å².